The van der Waals surface area contributed by atoms with Crippen LogP contribution in [-0.2, 0) is 6.54 Å². The second-order valence-corrected chi connectivity index (χ2v) is 6.93. The summed E-state index contributed by atoms with van der Waals surface area (Å²) >= 11 is 1.62. The van der Waals surface area contributed by atoms with Crippen molar-refractivity contribution < 1.29 is 13.2 Å². The summed E-state index contributed by atoms with van der Waals surface area (Å²) in [6.07, 6.45) is 0. The standard InChI is InChI=1S/C18H19F2N3OS/c1-10-9-25-18(21-10)11(2)23(4)8-15-12(3)24-17(22-15)13-6-5-7-14(19)16(13)20/h5-7,9,11H,8H2,1-4H3. The molecule has 0 saturated heterocycles. The molecule has 4 nitrogen and oxygen atoms in total. The third-order valence-electron chi connectivity index (χ3n) is 4.13. The Morgan fingerprint density at radius 2 is 2.00 bits per heavy atom. The maximum atomic E-state index is 14.0. The molecule has 1 unspecified atom stereocenters. The molecule has 0 bridgehead atoms. The molecule has 0 aliphatic heterocycles. The van der Waals surface area contributed by atoms with Crippen molar-refractivity contribution in [1.29, 1.82) is 0 Å². The van der Waals surface area contributed by atoms with Crippen molar-refractivity contribution in [3.8, 4) is 11.5 Å². The van der Waals surface area contributed by atoms with E-state index in [1.165, 1.54) is 12.1 Å². The minimum Gasteiger partial charge on any atom is -0.441 e. The van der Waals surface area contributed by atoms with Crippen LogP contribution in [0, 0.1) is 25.5 Å². The van der Waals surface area contributed by atoms with Crippen LogP contribution in [0.5, 0.6) is 0 Å². The fourth-order valence-electron chi connectivity index (χ4n) is 2.48. The van der Waals surface area contributed by atoms with Crippen molar-refractivity contribution in [2.75, 3.05) is 7.05 Å². The molecule has 7 heteroatoms. The van der Waals surface area contributed by atoms with Crippen molar-refractivity contribution >= 4 is 11.3 Å². The van der Waals surface area contributed by atoms with Crippen molar-refractivity contribution in [2.24, 2.45) is 0 Å². The van der Waals surface area contributed by atoms with Gasteiger partial charge in [-0.3, -0.25) is 4.90 Å². The van der Waals surface area contributed by atoms with Crippen LogP contribution in [0.1, 0.15) is 35.1 Å². The summed E-state index contributed by atoms with van der Waals surface area (Å²) in [5.41, 5.74) is 1.73. The lowest BCUT2D eigenvalue weighted by Gasteiger charge is -2.21. The number of hydrogen-bond donors (Lipinski definition) is 0. The summed E-state index contributed by atoms with van der Waals surface area (Å²) in [5.74, 6) is -1.18. The monoisotopic (exact) mass is 363 g/mol. The molecule has 0 aliphatic rings. The average molecular weight is 363 g/mol. The van der Waals surface area contributed by atoms with Gasteiger partial charge in [-0.1, -0.05) is 6.07 Å². The number of aromatic nitrogens is 2. The molecule has 0 spiro atoms. The van der Waals surface area contributed by atoms with Crippen LogP contribution in [0.2, 0.25) is 0 Å². The fourth-order valence-corrected chi connectivity index (χ4v) is 3.40. The summed E-state index contributed by atoms with van der Waals surface area (Å²) in [6.45, 7) is 6.33. The Labute approximate surface area is 149 Å². The van der Waals surface area contributed by atoms with E-state index in [1.54, 1.807) is 18.3 Å². The molecule has 0 saturated carbocycles. The van der Waals surface area contributed by atoms with Gasteiger partial charge in [0.05, 0.1) is 17.3 Å². The van der Waals surface area contributed by atoms with Crippen molar-refractivity contribution in [2.45, 2.75) is 33.4 Å². The summed E-state index contributed by atoms with van der Waals surface area (Å²) in [5, 5.41) is 3.05. The molecule has 3 aromatic rings. The summed E-state index contributed by atoms with van der Waals surface area (Å²) in [4.78, 5) is 11.0. The van der Waals surface area contributed by atoms with Gasteiger partial charge < -0.3 is 4.42 Å². The van der Waals surface area contributed by atoms with Gasteiger partial charge in [-0.05, 0) is 40.0 Å². The lowest BCUT2D eigenvalue weighted by Crippen LogP contribution is -2.22. The molecule has 0 radical (unpaired) electrons. The van der Waals surface area contributed by atoms with Crippen LogP contribution in [0.25, 0.3) is 11.5 Å². The molecule has 0 aliphatic carbocycles. The Bertz CT molecular complexity index is 890. The number of oxazole rings is 1. The molecule has 25 heavy (non-hydrogen) atoms. The molecular formula is C18H19F2N3OS. The van der Waals surface area contributed by atoms with Crippen molar-refractivity contribution in [1.82, 2.24) is 14.9 Å². The van der Waals surface area contributed by atoms with E-state index in [-0.39, 0.29) is 17.5 Å². The quantitative estimate of drug-likeness (QED) is 0.647. The van der Waals surface area contributed by atoms with E-state index >= 15 is 0 Å². The molecule has 1 aromatic carbocycles. The van der Waals surface area contributed by atoms with Crippen molar-refractivity contribution in [3.05, 3.63) is 57.4 Å². The molecule has 2 heterocycles. The van der Waals surface area contributed by atoms with Crippen LogP contribution < -0.4 is 0 Å². The Balaban J connectivity index is 1.82. The fraction of sp³-hybridized carbons (Fsp3) is 0.333. The minimum atomic E-state index is -0.949. The first-order valence-corrected chi connectivity index (χ1v) is 8.77. The molecule has 1 atom stereocenters. The zero-order valence-electron chi connectivity index (χ0n) is 14.5. The van der Waals surface area contributed by atoms with Gasteiger partial charge in [-0.15, -0.1) is 11.3 Å². The van der Waals surface area contributed by atoms with Crippen LogP contribution in [0.3, 0.4) is 0 Å². The first-order valence-electron chi connectivity index (χ1n) is 7.89. The summed E-state index contributed by atoms with van der Waals surface area (Å²) in [7, 11) is 1.97. The highest BCUT2D eigenvalue weighted by Crippen LogP contribution is 2.28. The first-order chi connectivity index (χ1) is 11.9. The largest absolute Gasteiger partial charge is 0.441 e. The van der Waals surface area contributed by atoms with Crippen LogP contribution in [0.4, 0.5) is 8.78 Å². The van der Waals surface area contributed by atoms with E-state index in [9.17, 15) is 8.78 Å². The van der Waals surface area contributed by atoms with Gasteiger partial charge in [-0.25, -0.2) is 18.7 Å². The lowest BCUT2D eigenvalue weighted by molar-refractivity contribution is 0.248. The third-order valence-corrected chi connectivity index (χ3v) is 5.26. The Morgan fingerprint density at radius 3 is 2.68 bits per heavy atom. The number of aryl methyl sites for hydroxylation is 2. The highest BCUT2D eigenvalue weighted by molar-refractivity contribution is 7.09. The van der Waals surface area contributed by atoms with E-state index in [0.717, 1.165) is 16.8 Å². The highest BCUT2D eigenvalue weighted by Gasteiger charge is 2.21. The van der Waals surface area contributed by atoms with Crippen LogP contribution in [0.15, 0.2) is 28.0 Å². The Hall–Kier alpha value is -2.12. The number of halogens is 2. The van der Waals surface area contributed by atoms with E-state index in [1.807, 2.05) is 19.4 Å². The Kier molecular flexibility index (Phi) is 4.96. The molecule has 0 amide bonds. The third kappa shape index (κ3) is 3.62. The van der Waals surface area contributed by atoms with Crippen molar-refractivity contribution in [3.63, 3.8) is 0 Å². The molecule has 0 N–H and O–H groups in total. The smallest absolute Gasteiger partial charge is 0.229 e. The van der Waals surface area contributed by atoms with Gasteiger partial charge in [0.1, 0.15) is 10.8 Å². The number of rotatable bonds is 5. The topological polar surface area (TPSA) is 42.2 Å². The normalized spacial score (nSPS) is 12.8. The zero-order chi connectivity index (χ0) is 18.1. The second-order valence-electron chi connectivity index (χ2n) is 6.04. The molecule has 2 aromatic heterocycles. The predicted octanol–water partition coefficient (Wildman–Crippen LogP) is 4.89. The number of hydrogen-bond acceptors (Lipinski definition) is 5. The van der Waals surface area contributed by atoms with Gasteiger partial charge >= 0.3 is 0 Å². The molecule has 3 rings (SSSR count). The SMILES string of the molecule is Cc1csc(C(C)N(C)Cc2nc(-c3cccc(F)c3F)oc2C)n1. The van der Waals surface area contributed by atoms with E-state index < -0.39 is 11.6 Å². The highest BCUT2D eigenvalue weighted by atomic mass is 32.1. The minimum absolute atomic E-state index is 0.0283. The average Bonchev–Trinajstić information content (AvgIpc) is 3.16. The van der Waals surface area contributed by atoms with Gasteiger partial charge in [0.2, 0.25) is 5.89 Å². The van der Waals surface area contributed by atoms with Gasteiger partial charge in [0.25, 0.3) is 0 Å². The maximum absolute atomic E-state index is 14.0. The van der Waals surface area contributed by atoms with E-state index in [4.69, 9.17) is 4.42 Å². The van der Waals surface area contributed by atoms with Gasteiger partial charge in [0, 0.05) is 17.6 Å². The first kappa shape index (κ1) is 17.7. The predicted molar refractivity (Wildman–Crippen MR) is 93.3 cm³/mol. The number of thiazole rings is 1. The van der Waals surface area contributed by atoms with Gasteiger partial charge in [-0.2, -0.15) is 0 Å². The van der Waals surface area contributed by atoms with E-state index in [0.29, 0.717) is 18.0 Å². The molecule has 0 fully saturated rings. The molecule has 132 valence electrons. The summed E-state index contributed by atoms with van der Waals surface area (Å²) < 4.78 is 32.9. The number of nitrogens with zero attached hydrogens (tertiary/aromatic N) is 3. The second kappa shape index (κ2) is 7.01. The van der Waals surface area contributed by atoms with Crippen LogP contribution in [-0.4, -0.2) is 21.9 Å². The Morgan fingerprint density at radius 1 is 1.24 bits per heavy atom. The lowest BCUT2D eigenvalue weighted by atomic mass is 10.2. The van der Waals surface area contributed by atoms with E-state index in [2.05, 4.69) is 21.8 Å². The van der Waals surface area contributed by atoms with Crippen LogP contribution >= 0.6 is 11.3 Å². The number of benzene rings is 1. The van der Waals surface area contributed by atoms with Gasteiger partial charge in [0.15, 0.2) is 11.6 Å². The maximum Gasteiger partial charge on any atom is 0.229 e. The summed E-state index contributed by atoms with van der Waals surface area (Å²) in [6, 6.07) is 4.08. The zero-order valence-corrected chi connectivity index (χ0v) is 15.3. The molecular weight excluding hydrogens is 344 g/mol.